The predicted octanol–water partition coefficient (Wildman–Crippen LogP) is 1.78. The minimum atomic E-state index is -0.716. The van der Waals surface area contributed by atoms with Crippen LogP contribution in [-0.2, 0) is 6.54 Å². The summed E-state index contributed by atoms with van der Waals surface area (Å²) in [7, 11) is 1.72. The van der Waals surface area contributed by atoms with E-state index in [1.807, 2.05) is 6.07 Å². The highest BCUT2D eigenvalue weighted by molar-refractivity contribution is 6.29. The molecule has 0 unspecified atom stereocenters. The molecular formula is C9H11ClN4O2. The van der Waals surface area contributed by atoms with Crippen LogP contribution in [0.4, 0.5) is 0 Å². The van der Waals surface area contributed by atoms with E-state index in [2.05, 4.69) is 10.1 Å². The molecule has 6 nitrogen and oxygen atoms in total. The lowest BCUT2D eigenvalue weighted by atomic mass is 10.3. The summed E-state index contributed by atoms with van der Waals surface area (Å²) in [6.07, 6.45) is 1.62. The maximum Gasteiger partial charge on any atom is 0.192 e. The van der Waals surface area contributed by atoms with Crippen molar-refractivity contribution in [3.05, 3.63) is 39.2 Å². The van der Waals surface area contributed by atoms with E-state index in [4.69, 9.17) is 11.6 Å². The number of hydrazone groups is 1. The van der Waals surface area contributed by atoms with E-state index in [1.54, 1.807) is 31.1 Å². The van der Waals surface area contributed by atoms with E-state index in [0.717, 1.165) is 5.56 Å². The van der Waals surface area contributed by atoms with E-state index < -0.39 is 5.03 Å². The number of hydrogen-bond donors (Lipinski definition) is 0. The molecule has 0 radical (unpaired) electrons. The Morgan fingerprint density at radius 2 is 2.38 bits per heavy atom. The molecule has 0 saturated heterocycles. The molecule has 0 aliphatic rings. The number of halogens is 1. The van der Waals surface area contributed by atoms with Gasteiger partial charge in [-0.1, -0.05) is 17.7 Å². The first kappa shape index (κ1) is 12.4. The van der Waals surface area contributed by atoms with Crippen LogP contribution in [0.3, 0.4) is 0 Å². The molecule has 0 amide bonds. The zero-order valence-electron chi connectivity index (χ0n) is 8.92. The molecular weight excluding hydrogens is 232 g/mol. The SMILES string of the molecule is C/C(=N/[N+](=O)[O-])N(C)Cc1ccc(Cl)nc1. The Kier molecular flexibility index (Phi) is 4.19. The van der Waals surface area contributed by atoms with Crippen LogP contribution in [-0.4, -0.2) is 27.8 Å². The number of amidine groups is 1. The molecule has 0 saturated carbocycles. The van der Waals surface area contributed by atoms with E-state index in [1.165, 1.54) is 0 Å². The van der Waals surface area contributed by atoms with Gasteiger partial charge in [0.25, 0.3) is 0 Å². The van der Waals surface area contributed by atoms with Crippen LogP contribution in [0.1, 0.15) is 12.5 Å². The van der Waals surface area contributed by atoms with Gasteiger partial charge in [-0.05, 0) is 11.6 Å². The first-order valence-corrected chi connectivity index (χ1v) is 4.88. The lowest BCUT2D eigenvalue weighted by Crippen LogP contribution is -2.24. The summed E-state index contributed by atoms with van der Waals surface area (Å²) in [6.45, 7) is 2.07. The molecule has 1 aromatic heterocycles. The van der Waals surface area contributed by atoms with Crippen molar-refractivity contribution in [2.24, 2.45) is 5.10 Å². The molecule has 0 aliphatic carbocycles. The standard InChI is InChI=1S/C9H11ClN4O2/c1-7(12-14(15)16)13(2)6-8-3-4-9(10)11-5-8/h3-5H,6H2,1-2H3/b12-7-. The predicted molar refractivity (Wildman–Crippen MR) is 60.8 cm³/mol. The van der Waals surface area contributed by atoms with Crippen LogP contribution in [0.15, 0.2) is 23.4 Å². The van der Waals surface area contributed by atoms with Crippen LogP contribution in [0.25, 0.3) is 0 Å². The van der Waals surface area contributed by atoms with Crippen molar-refractivity contribution in [2.75, 3.05) is 7.05 Å². The normalized spacial score (nSPS) is 11.3. The molecule has 7 heteroatoms. The summed E-state index contributed by atoms with van der Waals surface area (Å²) in [4.78, 5) is 15.8. The molecule has 0 aromatic carbocycles. The molecule has 0 bridgehead atoms. The van der Waals surface area contributed by atoms with Gasteiger partial charge in [0.2, 0.25) is 0 Å². The molecule has 0 spiro atoms. The minimum Gasteiger partial charge on any atom is -0.354 e. The van der Waals surface area contributed by atoms with E-state index in [-0.39, 0.29) is 0 Å². The lowest BCUT2D eigenvalue weighted by molar-refractivity contribution is -0.485. The number of rotatable bonds is 3. The summed E-state index contributed by atoms with van der Waals surface area (Å²) >= 11 is 5.64. The Hall–Kier alpha value is -1.69. The van der Waals surface area contributed by atoms with Gasteiger partial charge in [0.15, 0.2) is 10.9 Å². The number of pyridine rings is 1. The molecule has 1 rings (SSSR count). The Morgan fingerprint density at radius 1 is 1.69 bits per heavy atom. The summed E-state index contributed by atoms with van der Waals surface area (Å²) in [5, 5.41) is 13.1. The van der Waals surface area contributed by atoms with Gasteiger partial charge >= 0.3 is 0 Å². The number of hydrogen-bond acceptors (Lipinski definition) is 3. The Bertz CT molecular complexity index is 404. The third-order valence-corrected chi connectivity index (χ3v) is 2.21. The summed E-state index contributed by atoms with van der Waals surface area (Å²) in [5.41, 5.74) is 0.907. The van der Waals surface area contributed by atoms with Crippen LogP contribution < -0.4 is 0 Å². The van der Waals surface area contributed by atoms with Gasteiger partial charge in [-0.3, -0.25) is 0 Å². The number of nitro groups is 1. The summed E-state index contributed by atoms with van der Waals surface area (Å²) in [5.74, 6) is 0.333. The quantitative estimate of drug-likeness (QED) is 0.266. The molecule has 16 heavy (non-hydrogen) atoms. The Balaban J connectivity index is 2.67. The smallest absolute Gasteiger partial charge is 0.192 e. The highest BCUT2D eigenvalue weighted by atomic mass is 35.5. The van der Waals surface area contributed by atoms with Gasteiger partial charge in [-0.2, -0.15) is 0 Å². The third-order valence-electron chi connectivity index (χ3n) is 1.99. The first-order valence-electron chi connectivity index (χ1n) is 4.50. The van der Waals surface area contributed by atoms with Crippen LogP contribution in [0.5, 0.6) is 0 Å². The highest BCUT2D eigenvalue weighted by Gasteiger charge is 2.06. The Labute approximate surface area is 97.7 Å². The molecule has 0 aliphatic heterocycles. The van der Waals surface area contributed by atoms with Crippen molar-refractivity contribution in [3.63, 3.8) is 0 Å². The maximum atomic E-state index is 10.2. The molecule has 0 atom stereocenters. The van der Waals surface area contributed by atoms with Gasteiger partial charge in [-0.15, -0.1) is 0 Å². The second kappa shape index (κ2) is 5.41. The van der Waals surface area contributed by atoms with Crippen molar-refractivity contribution < 1.29 is 5.03 Å². The fourth-order valence-electron chi connectivity index (χ4n) is 1.08. The third kappa shape index (κ3) is 3.82. The van der Waals surface area contributed by atoms with Gasteiger partial charge in [-0.25, -0.2) is 15.1 Å². The number of aromatic nitrogens is 1. The fraction of sp³-hybridized carbons (Fsp3) is 0.333. The average molecular weight is 243 g/mol. The zero-order valence-corrected chi connectivity index (χ0v) is 9.68. The second-order valence-corrected chi connectivity index (χ2v) is 3.62. The molecule has 86 valence electrons. The molecule has 1 aromatic rings. The van der Waals surface area contributed by atoms with Crippen LogP contribution in [0, 0.1) is 10.1 Å². The van der Waals surface area contributed by atoms with Crippen molar-refractivity contribution >= 4 is 17.4 Å². The minimum absolute atomic E-state index is 0.333. The summed E-state index contributed by atoms with van der Waals surface area (Å²) < 4.78 is 0. The first-order chi connectivity index (χ1) is 7.49. The molecule has 0 fully saturated rings. The van der Waals surface area contributed by atoms with Gasteiger partial charge in [0, 0.05) is 26.7 Å². The lowest BCUT2D eigenvalue weighted by Gasteiger charge is -2.15. The topological polar surface area (TPSA) is 71.6 Å². The number of nitrogens with zero attached hydrogens (tertiary/aromatic N) is 4. The maximum absolute atomic E-state index is 10.2. The van der Waals surface area contributed by atoms with Gasteiger partial charge in [0.05, 0.1) is 5.10 Å². The van der Waals surface area contributed by atoms with Crippen molar-refractivity contribution in [1.82, 2.24) is 9.88 Å². The average Bonchev–Trinajstić information content (AvgIpc) is 2.20. The van der Waals surface area contributed by atoms with E-state index >= 15 is 0 Å². The van der Waals surface area contributed by atoms with E-state index in [9.17, 15) is 10.1 Å². The zero-order chi connectivity index (χ0) is 12.1. The Morgan fingerprint density at radius 3 is 2.88 bits per heavy atom. The fourth-order valence-corrected chi connectivity index (χ4v) is 1.19. The largest absolute Gasteiger partial charge is 0.354 e. The van der Waals surface area contributed by atoms with E-state index in [0.29, 0.717) is 17.5 Å². The van der Waals surface area contributed by atoms with Gasteiger partial charge in [0.1, 0.15) is 5.15 Å². The van der Waals surface area contributed by atoms with Crippen molar-refractivity contribution in [3.8, 4) is 0 Å². The van der Waals surface area contributed by atoms with Crippen LogP contribution in [0.2, 0.25) is 5.15 Å². The molecule has 0 N–H and O–H groups in total. The van der Waals surface area contributed by atoms with Gasteiger partial charge < -0.3 is 4.90 Å². The molecule has 1 heterocycles. The summed E-state index contributed by atoms with van der Waals surface area (Å²) in [6, 6.07) is 3.48. The van der Waals surface area contributed by atoms with Crippen molar-refractivity contribution in [2.45, 2.75) is 13.5 Å². The highest BCUT2D eigenvalue weighted by Crippen LogP contribution is 2.07. The second-order valence-electron chi connectivity index (χ2n) is 3.23. The van der Waals surface area contributed by atoms with Crippen LogP contribution >= 0.6 is 11.6 Å². The van der Waals surface area contributed by atoms with Crippen molar-refractivity contribution in [1.29, 1.82) is 0 Å². The monoisotopic (exact) mass is 242 g/mol.